The minimum Gasteiger partial charge on any atom is -0.369 e. The molecule has 0 unspecified atom stereocenters. The lowest BCUT2D eigenvalue weighted by Gasteiger charge is -2.29. The Kier molecular flexibility index (Phi) is 8.88. The number of benzene rings is 1. The number of nitro groups is 1. The van der Waals surface area contributed by atoms with Crippen molar-refractivity contribution in [2.24, 2.45) is 0 Å². The first-order valence-corrected chi connectivity index (χ1v) is 10.7. The highest BCUT2D eigenvalue weighted by Gasteiger charge is 2.30. The van der Waals surface area contributed by atoms with Gasteiger partial charge in [0.25, 0.3) is 5.69 Å². The Labute approximate surface area is 168 Å². The van der Waals surface area contributed by atoms with Gasteiger partial charge >= 0.3 is 0 Å². The molecule has 0 bridgehead atoms. The maximum absolute atomic E-state index is 13.3. The molecule has 9 heteroatoms. The van der Waals surface area contributed by atoms with Crippen molar-refractivity contribution < 1.29 is 13.3 Å². The zero-order valence-corrected chi connectivity index (χ0v) is 18.1. The second kappa shape index (κ2) is 10.4. The molecule has 0 fully saturated rings. The van der Waals surface area contributed by atoms with Gasteiger partial charge in [0.15, 0.2) is 0 Å². The molecule has 0 amide bonds. The molecule has 0 aliphatic heterocycles. The third-order valence-corrected chi connectivity index (χ3v) is 6.15. The smallest absolute Gasteiger partial charge is 0.272 e. The van der Waals surface area contributed by atoms with E-state index in [-0.39, 0.29) is 22.7 Å². The third-order valence-electron chi connectivity index (χ3n) is 4.28. The van der Waals surface area contributed by atoms with E-state index in [1.165, 1.54) is 17.4 Å². The van der Waals surface area contributed by atoms with Crippen molar-refractivity contribution >= 4 is 21.4 Å². The second-order valence-corrected chi connectivity index (χ2v) is 8.87. The van der Waals surface area contributed by atoms with E-state index in [0.29, 0.717) is 25.3 Å². The Morgan fingerprint density at radius 1 is 1.07 bits per heavy atom. The Morgan fingerprint density at radius 3 is 2.07 bits per heavy atom. The predicted molar refractivity (Wildman–Crippen MR) is 112 cm³/mol. The molecular formula is C19H30N4O4S. The van der Waals surface area contributed by atoms with Crippen molar-refractivity contribution in [3.05, 3.63) is 27.8 Å². The number of likely N-dealkylation sites (N-methyl/N-ethyl adjacent to an activating group) is 2. The topological polar surface area (TPSA) is 87.0 Å². The SMILES string of the molecule is C#Cc1cc([N+](=O)[O-])cc(S(=O)(=O)N(C)CCN(C)C)c1N(CCC)CCC. The van der Waals surface area contributed by atoms with Crippen molar-refractivity contribution in [2.75, 3.05) is 52.2 Å². The highest BCUT2D eigenvalue weighted by molar-refractivity contribution is 7.89. The predicted octanol–water partition coefficient (Wildman–Crippen LogP) is 2.38. The van der Waals surface area contributed by atoms with Gasteiger partial charge in [-0.25, -0.2) is 8.42 Å². The maximum Gasteiger partial charge on any atom is 0.272 e. The Hall–Kier alpha value is -2.15. The molecule has 156 valence electrons. The Morgan fingerprint density at radius 2 is 1.64 bits per heavy atom. The van der Waals surface area contributed by atoms with E-state index in [0.717, 1.165) is 18.9 Å². The quantitative estimate of drug-likeness (QED) is 0.316. The van der Waals surface area contributed by atoms with Crippen LogP contribution >= 0.6 is 0 Å². The summed E-state index contributed by atoms with van der Waals surface area (Å²) in [6.07, 6.45) is 7.20. The summed E-state index contributed by atoms with van der Waals surface area (Å²) in [6.45, 7) is 5.95. The molecule has 1 aromatic rings. The zero-order chi connectivity index (χ0) is 21.5. The minimum absolute atomic E-state index is 0.113. The summed E-state index contributed by atoms with van der Waals surface area (Å²) in [5.41, 5.74) is 0.258. The van der Waals surface area contributed by atoms with Crippen LogP contribution in [-0.2, 0) is 10.0 Å². The fourth-order valence-corrected chi connectivity index (χ4v) is 4.25. The lowest BCUT2D eigenvalue weighted by Crippen LogP contribution is -2.35. The lowest BCUT2D eigenvalue weighted by atomic mass is 10.1. The molecule has 0 saturated heterocycles. The first kappa shape index (κ1) is 23.9. The van der Waals surface area contributed by atoms with E-state index < -0.39 is 14.9 Å². The number of non-ortho nitro benzene ring substituents is 1. The van der Waals surface area contributed by atoms with Gasteiger partial charge in [-0.05, 0) is 26.9 Å². The van der Waals surface area contributed by atoms with E-state index in [2.05, 4.69) is 5.92 Å². The standard InChI is InChI=1S/C19H30N4O4S/c1-7-10-22(11-8-2)19-16(9-3)14-17(23(24)25)15-18(19)28(26,27)21(6)13-12-20(4)5/h3,14-15H,7-8,10-13H2,1-2,4-6H3. The van der Waals surface area contributed by atoms with Crippen LogP contribution in [0.15, 0.2) is 17.0 Å². The number of sulfonamides is 1. The van der Waals surface area contributed by atoms with Gasteiger partial charge in [-0.2, -0.15) is 4.31 Å². The fraction of sp³-hybridized carbons (Fsp3) is 0.579. The number of terminal acetylenes is 1. The van der Waals surface area contributed by atoms with Gasteiger partial charge < -0.3 is 9.80 Å². The van der Waals surface area contributed by atoms with Gasteiger partial charge in [0.2, 0.25) is 10.0 Å². The summed E-state index contributed by atoms with van der Waals surface area (Å²) in [4.78, 5) is 14.4. The van der Waals surface area contributed by atoms with Crippen molar-refractivity contribution in [3.8, 4) is 12.3 Å². The number of anilines is 1. The summed E-state index contributed by atoms with van der Waals surface area (Å²) < 4.78 is 27.8. The average Bonchev–Trinajstić information content (AvgIpc) is 2.64. The van der Waals surface area contributed by atoms with E-state index in [9.17, 15) is 18.5 Å². The van der Waals surface area contributed by atoms with Gasteiger partial charge in [-0.15, -0.1) is 6.42 Å². The van der Waals surface area contributed by atoms with Crippen LogP contribution in [0.5, 0.6) is 0 Å². The summed E-state index contributed by atoms with van der Waals surface area (Å²) >= 11 is 0. The van der Waals surface area contributed by atoms with Crippen LogP contribution in [0.2, 0.25) is 0 Å². The van der Waals surface area contributed by atoms with Gasteiger partial charge in [-0.3, -0.25) is 10.1 Å². The first-order chi connectivity index (χ1) is 13.1. The molecule has 0 atom stereocenters. The van der Waals surface area contributed by atoms with Crippen molar-refractivity contribution in [1.29, 1.82) is 0 Å². The van der Waals surface area contributed by atoms with Crippen molar-refractivity contribution in [3.63, 3.8) is 0 Å². The van der Waals surface area contributed by atoms with Crippen LogP contribution in [0.3, 0.4) is 0 Å². The maximum atomic E-state index is 13.3. The Balaban J connectivity index is 3.70. The summed E-state index contributed by atoms with van der Waals surface area (Å²) in [6, 6.07) is 2.39. The number of rotatable bonds is 11. The number of hydrogen-bond acceptors (Lipinski definition) is 6. The number of nitrogens with zero attached hydrogens (tertiary/aromatic N) is 4. The normalized spacial score (nSPS) is 11.6. The fourth-order valence-electron chi connectivity index (χ4n) is 2.84. The van der Waals surface area contributed by atoms with Gasteiger partial charge in [0, 0.05) is 45.4 Å². The molecule has 0 aromatic heterocycles. The molecule has 0 aliphatic rings. The van der Waals surface area contributed by atoms with Gasteiger partial charge in [0.05, 0.1) is 16.2 Å². The molecule has 1 rings (SSSR count). The number of nitro benzene ring substituents is 1. The van der Waals surface area contributed by atoms with E-state index >= 15 is 0 Å². The minimum atomic E-state index is -3.97. The Bertz CT molecular complexity index is 825. The molecule has 28 heavy (non-hydrogen) atoms. The molecule has 0 N–H and O–H groups in total. The molecule has 8 nitrogen and oxygen atoms in total. The largest absolute Gasteiger partial charge is 0.369 e. The highest BCUT2D eigenvalue weighted by atomic mass is 32.2. The molecular weight excluding hydrogens is 380 g/mol. The van der Waals surface area contributed by atoms with Crippen LogP contribution in [0.4, 0.5) is 11.4 Å². The van der Waals surface area contributed by atoms with Crippen LogP contribution in [0.25, 0.3) is 0 Å². The van der Waals surface area contributed by atoms with Crippen molar-refractivity contribution in [2.45, 2.75) is 31.6 Å². The third kappa shape index (κ3) is 5.67. The molecule has 0 saturated carbocycles. The van der Waals surface area contributed by atoms with Gasteiger partial charge in [-0.1, -0.05) is 19.8 Å². The van der Waals surface area contributed by atoms with Crippen molar-refractivity contribution in [1.82, 2.24) is 9.21 Å². The van der Waals surface area contributed by atoms with Crippen LogP contribution < -0.4 is 4.90 Å². The van der Waals surface area contributed by atoms with Crippen LogP contribution in [0, 0.1) is 22.5 Å². The average molecular weight is 411 g/mol. The number of hydrogen-bond donors (Lipinski definition) is 0. The summed E-state index contributed by atoms with van der Waals surface area (Å²) in [5, 5.41) is 11.4. The molecule has 0 heterocycles. The summed E-state index contributed by atoms with van der Waals surface area (Å²) in [5.74, 6) is 2.45. The van der Waals surface area contributed by atoms with E-state index in [1.807, 2.05) is 37.7 Å². The summed E-state index contributed by atoms with van der Waals surface area (Å²) in [7, 11) is 1.20. The highest BCUT2D eigenvalue weighted by Crippen LogP contribution is 2.35. The first-order valence-electron chi connectivity index (χ1n) is 9.25. The second-order valence-electron chi connectivity index (χ2n) is 6.86. The van der Waals surface area contributed by atoms with Crippen LogP contribution in [0.1, 0.15) is 32.3 Å². The van der Waals surface area contributed by atoms with Crippen LogP contribution in [-0.4, -0.2) is 69.9 Å². The monoisotopic (exact) mass is 410 g/mol. The van der Waals surface area contributed by atoms with E-state index in [1.54, 1.807) is 0 Å². The zero-order valence-electron chi connectivity index (χ0n) is 17.3. The molecule has 0 spiro atoms. The molecule has 0 radical (unpaired) electrons. The lowest BCUT2D eigenvalue weighted by molar-refractivity contribution is -0.385. The van der Waals surface area contributed by atoms with E-state index in [4.69, 9.17) is 6.42 Å². The molecule has 1 aromatic carbocycles. The molecule has 0 aliphatic carbocycles. The van der Waals surface area contributed by atoms with Gasteiger partial charge in [0.1, 0.15) is 4.90 Å².